The topological polar surface area (TPSA) is 122 Å². The fraction of sp³-hybridized carbons (Fsp3) is 0.500. The summed E-state index contributed by atoms with van der Waals surface area (Å²) in [7, 11) is 0. The number of para-hydroxylation sites is 2. The number of carbonyl (C=O) groups is 2. The molecule has 2 atom stereocenters. The van der Waals surface area contributed by atoms with Crippen molar-refractivity contribution >= 4 is 23.3 Å². The van der Waals surface area contributed by atoms with Gasteiger partial charge in [0.15, 0.2) is 0 Å². The molecule has 1 amide bonds. The van der Waals surface area contributed by atoms with Crippen LogP contribution in [0.4, 0.5) is 11.4 Å². The number of hydrogen-bond acceptors (Lipinski definition) is 5. The van der Waals surface area contributed by atoms with Gasteiger partial charge in [-0.15, -0.1) is 0 Å². The average Bonchev–Trinajstić information content (AvgIpc) is 2.58. The molecule has 8 nitrogen and oxygen atoms in total. The summed E-state index contributed by atoms with van der Waals surface area (Å²) in [5.41, 5.74) is 0.390. The highest BCUT2D eigenvalue weighted by Crippen LogP contribution is 2.29. The Morgan fingerprint density at radius 3 is 2.62 bits per heavy atom. The minimum Gasteiger partial charge on any atom is -0.481 e. The number of nitrogens with one attached hydrogen (secondary N) is 2. The fourth-order valence-electron chi connectivity index (χ4n) is 2.96. The Balaban J connectivity index is 1.77. The summed E-state index contributed by atoms with van der Waals surface area (Å²) in [6.45, 7) is 0.671. The molecule has 0 spiro atoms. The van der Waals surface area contributed by atoms with E-state index >= 15 is 0 Å². The zero-order chi connectivity index (χ0) is 17.5. The molecule has 0 radical (unpaired) electrons. The number of hydrogen-bond donors (Lipinski definition) is 3. The number of carboxylic acids is 1. The SMILES string of the molecule is O=C(O)C1CCCC(C(=O)NCCNc2ccccc2[N+](=O)[O-])C1. The molecule has 3 N–H and O–H groups in total. The predicted molar refractivity (Wildman–Crippen MR) is 87.7 cm³/mol. The van der Waals surface area contributed by atoms with E-state index in [2.05, 4.69) is 10.6 Å². The first-order chi connectivity index (χ1) is 11.5. The van der Waals surface area contributed by atoms with Crippen LogP contribution in [0.3, 0.4) is 0 Å². The van der Waals surface area contributed by atoms with Crippen LogP contribution in [-0.2, 0) is 9.59 Å². The van der Waals surface area contributed by atoms with E-state index in [9.17, 15) is 19.7 Å². The maximum absolute atomic E-state index is 12.1. The molecule has 0 aromatic heterocycles. The van der Waals surface area contributed by atoms with E-state index in [-0.39, 0.29) is 17.5 Å². The standard InChI is InChI=1S/C16H21N3O5/c20-15(11-4-3-5-12(10-11)16(21)22)18-9-8-17-13-6-1-2-7-14(13)19(23)24/h1-2,6-7,11-12,17H,3-5,8-10H2,(H,18,20)(H,21,22). The van der Waals surface area contributed by atoms with Gasteiger partial charge in [0, 0.05) is 25.1 Å². The Morgan fingerprint density at radius 1 is 1.21 bits per heavy atom. The number of nitro benzene ring substituents is 1. The third-order valence-electron chi connectivity index (χ3n) is 4.23. The van der Waals surface area contributed by atoms with Crippen molar-refractivity contribution in [3.63, 3.8) is 0 Å². The highest BCUT2D eigenvalue weighted by Gasteiger charge is 2.30. The molecule has 1 fully saturated rings. The van der Waals surface area contributed by atoms with Gasteiger partial charge in [0.1, 0.15) is 5.69 Å². The van der Waals surface area contributed by atoms with Crippen molar-refractivity contribution in [2.24, 2.45) is 11.8 Å². The third-order valence-corrected chi connectivity index (χ3v) is 4.23. The first-order valence-electron chi connectivity index (χ1n) is 7.97. The van der Waals surface area contributed by atoms with E-state index in [0.29, 0.717) is 38.0 Å². The van der Waals surface area contributed by atoms with Crippen molar-refractivity contribution in [3.8, 4) is 0 Å². The van der Waals surface area contributed by atoms with Gasteiger partial charge in [-0.2, -0.15) is 0 Å². The lowest BCUT2D eigenvalue weighted by molar-refractivity contribution is -0.384. The van der Waals surface area contributed by atoms with Crippen molar-refractivity contribution in [1.82, 2.24) is 5.32 Å². The summed E-state index contributed by atoms with van der Waals surface area (Å²) in [6.07, 6.45) is 2.44. The second-order valence-corrected chi connectivity index (χ2v) is 5.89. The molecule has 0 saturated heterocycles. The average molecular weight is 335 g/mol. The number of anilines is 1. The third kappa shape index (κ3) is 4.68. The number of nitro groups is 1. The van der Waals surface area contributed by atoms with Crippen LogP contribution in [0.5, 0.6) is 0 Å². The summed E-state index contributed by atoms with van der Waals surface area (Å²) in [6, 6.07) is 6.31. The summed E-state index contributed by atoms with van der Waals surface area (Å²) in [5.74, 6) is -1.71. The number of rotatable bonds is 7. The summed E-state index contributed by atoms with van der Waals surface area (Å²) in [4.78, 5) is 33.6. The summed E-state index contributed by atoms with van der Waals surface area (Å²) < 4.78 is 0. The molecule has 8 heteroatoms. The molecule has 0 heterocycles. The molecule has 2 unspecified atom stereocenters. The molecule has 0 aliphatic heterocycles. The van der Waals surface area contributed by atoms with E-state index in [0.717, 1.165) is 6.42 Å². The molecule has 1 aromatic carbocycles. The van der Waals surface area contributed by atoms with Crippen LogP contribution in [0.2, 0.25) is 0 Å². The molecule has 1 aliphatic carbocycles. The summed E-state index contributed by atoms with van der Waals surface area (Å²) >= 11 is 0. The van der Waals surface area contributed by atoms with E-state index in [4.69, 9.17) is 5.11 Å². The fourth-order valence-corrected chi connectivity index (χ4v) is 2.96. The zero-order valence-electron chi connectivity index (χ0n) is 13.2. The molecule has 0 bridgehead atoms. The van der Waals surface area contributed by atoms with Gasteiger partial charge in [-0.25, -0.2) is 0 Å². The van der Waals surface area contributed by atoms with Crippen molar-refractivity contribution in [1.29, 1.82) is 0 Å². The number of benzene rings is 1. The van der Waals surface area contributed by atoms with Gasteiger partial charge in [-0.1, -0.05) is 18.6 Å². The van der Waals surface area contributed by atoms with E-state index < -0.39 is 16.8 Å². The minimum atomic E-state index is -0.842. The van der Waals surface area contributed by atoms with E-state index in [1.54, 1.807) is 18.2 Å². The largest absolute Gasteiger partial charge is 0.481 e. The molecular formula is C16H21N3O5. The van der Waals surface area contributed by atoms with Crippen LogP contribution in [-0.4, -0.2) is 35.0 Å². The second kappa shape index (κ2) is 8.28. The lowest BCUT2D eigenvalue weighted by Crippen LogP contribution is -2.37. The maximum Gasteiger partial charge on any atom is 0.306 e. The first-order valence-corrected chi connectivity index (χ1v) is 7.97. The van der Waals surface area contributed by atoms with E-state index in [1.165, 1.54) is 6.07 Å². The van der Waals surface area contributed by atoms with Gasteiger partial charge in [-0.3, -0.25) is 19.7 Å². The number of carbonyl (C=O) groups excluding carboxylic acids is 1. The summed E-state index contributed by atoms with van der Waals surface area (Å²) in [5, 5.41) is 25.7. The molecular weight excluding hydrogens is 314 g/mol. The van der Waals surface area contributed by atoms with Gasteiger partial charge >= 0.3 is 5.97 Å². The smallest absolute Gasteiger partial charge is 0.306 e. The maximum atomic E-state index is 12.1. The molecule has 2 rings (SSSR count). The highest BCUT2D eigenvalue weighted by molar-refractivity contribution is 5.80. The van der Waals surface area contributed by atoms with Crippen LogP contribution < -0.4 is 10.6 Å². The highest BCUT2D eigenvalue weighted by atomic mass is 16.6. The van der Waals surface area contributed by atoms with Gasteiger partial charge in [0.2, 0.25) is 5.91 Å². The minimum absolute atomic E-state index is 0.0135. The Kier molecular flexibility index (Phi) is 6.11. The van der Waals surface area contributed by atoms with Crippen LogP contribution >= 0.6 is 0 Å². The Labute approximate surface area is 139 Å². The van der Waals surface area contributed by atoms with Crippen LogP contribution in [0.25, 0.3) is 0 Å². The van der Waals surface area contributed by atoms with E-state index in [1.807, 2.05) is 0 Å². The number of amides is 1. The predicted octanol–water partition coefficient (Wildman–Crippen LogP) is 2.01. The monoisotopic (exact) mass is 335 g/mol. The van der Waals surface area contributed by atoms with Crippen LogP contribution in [0.1, 0.15) is 25.7 Å². The molecule has 1 aromatic rings. The lowest BCUT2D eigenvalue weighted by Gasteiger charge is -2.25. The number of nitrogens with zero attached hydrogens (tertiary/aromatic N) is 1. The molecule has 1 aliphatic rings. The van der Waals surface area contributed by atoms with Crippen LogP contribution in [0.15, 0.2) is 24.3 Å². The normalized spacial score (nSPS) is 20.2. The number of aliphatic carboxylic acids is 1. The molecule has 1 saturated carbocycles. The van der Waals surface area contributed by atoms with Crippen molar-refractivity contribution in [2.45, 2.75) is 25.7 Å². The van der Waals surface area contributed by atoms with Gasteiger partial charge in [-0.05, 0) is 25.3 Å². The first kappa shape index (κ1) is 17.7. The Hall–Kier alpha value is -2.64. The lowest BCUT2D eigenvalue weighted by atomic mass is 9.81. The van der Waals surface area contributed by atoms with Gasteiger partial charge in [0.25, 0.3) is 5.69 Å². The van der Waals surface area contributed by atoms with Crippen molar-refractivity contribution in [3.05, 3.63) is 34.4 Å². The Bertz CT molecular complexity index is 619. The zero-order valence-corrected chi connectivity index (χ0v) is 13.2. The van der Waals surface area contributed by atoms with Crippen LogP contribution in [0, 0.1) is 22.0 Å². The van der Waals surface area contributed by atoms with Gasteiger partial charge in [0.05, 0.1) is 10.8 Å². The number of carboxylic acid groups (broad SMARTS) is 1. The van der Waals surface area contributed by atoms with Crippen molar-refractivity contribution < 1.29 is 19.6 Å². The van der Waals surface area contributed by atoms with Crippen molar-refractivity contribution in [2.75, 3.05) is 18.4 Å². The second-order valence-electron chi connectivity index (χ2n) is 5.89. The molecule has 130 valence electrons. The quantitative estimate of drug-likeness (QED) is 0.398. The van der Waals surface area contributed by atoms with Gasteiger partial charge < -0.3 is 15.7 Å². The molecule has 24 heavy (non-hydrogen) atoms. The Morgan fingerprint density at radius 2 is 1.92 bits per heavy atom.